The second-order valence-corrected chi connectivity index (χ2v) is 7.44. The first-order chi connectivity index (χ1) is 11.9. The Labute approximate surface area is 153 Å². The van der Waals surface area contributed by atoms with E-state index in [1.807, 2.05) is 19.1 Å². The molecule has 0 fully saturated rings. The maximum Gasteiger partial charge on any atom is 0.263 e. The summed E-state index contributed by atoms with van der Waals surface area (Å²) in [6.07, 6.45) is 2.43. The van der Waals surface area contributed by atoms with Crippen LogP contribution in [0.3, 0.4) is 0 Å². The molecule has 2 heterocycles. The molecule has 0 aliphatic carbocycles. The van der Waals surface area contributed by atoms with Crippen LogP contribution in [-0.2, 0) is 17.8 Å². The van der Waals surface area contributed by atoms with Gasteiger partial charge in [0, 0.05) is 17.1 Å². The van der Waals surface area contributed by atoms with Gasteiger partial charge >= 0.3 is 0 Å². The number of hydrogen-bond donors (Lipinski definition) is 1. The van der Waals surface area contributed by atoms with Gasteiger partial charge in [-0.3, -0.25) is 14.2 Å². The average molecular weight is 374 g/mol. The first-order valence-corrected chi connectivity index (χ1v) is 9.47. The normalized spacial score (nSPS) is 11.9. The monoisotopic (exact) mass is 374 g/mol. The highest BCUT2D eigenvalue weighted by molar-refractivity contribution is 7.99. The summed E-state index contributed by atoms with van der Waals surface area (Å²) in [5.74, 6) is -1.43. The van der Waals surface area contributed by atoms with Crippen LogP contribution in [-0.4, -0.2) is 26.8 Å². The Kier molecular flexibility index (Phi) is 6.28. The Morgan fingerprint density at radius 2 is 2.36 bits per heavy atom. The lowest BCUT2D eigenvalue weighted by Gasteiger charge is -2.10. The third kappa shape index (κ3) is 4.06. The average Bonchev–Trinajstić information content (AvgIpc) is 2.99. The fourth-order valence-corrected chi connectivity index (χ4v) is 4.17. The van der Waals surface area contributed by atoms with Gasteiger partial charge in [0.15, 0.2) is 10.9 Å². The molecule has 0 aliphatic rings. The topological polar surface area (TPSA) is 99.6 Å². The number of thiophene rings is 1. The number of nitriles is 1. The van der Waals surface area contributed by atoms with Gasteiger partial charge in [-0.25, -0.2) is 4.98 Å². The number of rotatable bonds is 8. The molecule has 0 spiro atoms. The SMILES string of the molecule is C=CCn1c(SCC(=O)C(C#N)C(C)=N)nc2sc(CC)cc2c1=O. The molecule has 1 N–H and O–H groups in total. The minimum absolute atomic E-state index is 0.0183. The summed E-state index contributed by atoms with van der Waals surface area (Å²) >= 11 is 2.58. The van der Waals surface area contributed by atoms with Crippen LogP contribution in [0.25, 0.3) is 10.2 Å². The number of thioether (sulfide) groups is 1. The molecule has 25 heavy (non-hydrogen) atoms. The lowest BCUT2D eigenvalue weighted by atomic mass is 10.0. The van der Waals surface area contributed by atoms with Crippen molar-refractivity contribution in [2.45, 2.75) is 32.0 Å². The molecule has 1 atom stereocenters. The second kappa shape index (κ2) is 8.23. The van der Waals surface area contributed by atoms with E-state index in [0.717, 1.165) is 23.1 Å². The lowest BCUT2D eigenvalue weighted by Crippen LogP contribution is -2.24. The summed E-state index contributed by atoms with van der Waals surface area (Å²) in [4.78, 5) is 31.1. The van der Waals surface area contributed by atoms with Gasteiger partial charge in [-0.05, 0) is 19.4 Å². The Bertz CT molecular complexity index is 936. The zero-order valence-corrected chi connectivity index (χ0v) is 15.7. The number of fused-ring (bicyclic) bond motifs is 1. The van der Waals surface area contributed by atoms with Crippen LogP contribution in [0.5, 0.6) is 0 Å². The van der Waals surface area contributed by atoms with Crippen molar-refractivity contribution >= 4 is 44.8 Å². The van der Waals surface area contributed by atoms with Gasteiger partial charge in [0.1, 0.15) is 10.7 Å². The lowest BCUT2D eigenvalue weighted by molar-refractivity contribution is -0.117. The van der Waals surface area contributed by atoms with Crippen LogP contribution in [0.15, 0.2) is 28.7 Å². The zero-order valence-electron chi connectivity index (χ0n) is 14.0. The number of carbonyl (C=O) groups is 1. The van der Waals surface area contributed by atoms with Crippen LogP contribution in [0.4, 0.5) is 0 Å². The molecule has 0 bridgehead atoms. The summed E-state index contributed by atoms with van der Waals surface area (Å²) in [7, 11) is 0. The molecule has 2 aromatic heterocycles. The van der Waals surface area contributed by atoms with Gasteiger partial charge in [-0.1, -0.05) is 24.8 Å². The van der Waals surface area contributed by atoms with Crippen molar-refractivity contribution in [2.75, 3.05) is 5.75 Å². The van der Waals surface area contributed by atoms with E-state index < -0.39 is 5.92 Å². The third-order valence-corrected chi connectivity index (χ3v) is 5.73. The van der Waals surface area contributed by atoms with Gasteiger partial charge in [0.2, 0.25) is 0 Å². The van der Waals surface area contributed by atoms with Gasteiger partial charge in [0.05, 0.1) is 17.2 Å². The van der Waals surface area contributed by atoms with E-state index in [1.54, 1.807) is 6.08 Å². The maximum absolute atomic E-state index is 12.7. The van der Waals surface area contributed by atoms with Gasteiger partial charge < -0.3 is 5.41 Å². The van der Waals surface area contributed by atoms with Gasteiger partial charge in [0.25, 0.3) is 5.56 Å². The van der Waals surface area contributed by atoms with Crippen molar-refractivity contribution in [2.24, 2.45) is 5.92 Å². The molecule has 0 saturated heterocycles. The fraction of sp³-hybridized carbons (Fsp3) is 0.353. The molecule has 0 aromatic carbocycles. The summed E-state index contributed by atoms with van der Waals surface area (Å²) in [6.45, 7) is 7.41. The van der Waals surface area contributed by atoms with Crippen LogP contribution in [0.1, 0.15) is 18.7 Å². The first-order valence-electron chi connectivity index (χ1n) is 7.67. The Balaban J connectivity index is 2.39. The summed E-state index contributed by atoms with van der Waals surface area (Å²) in [6, 6.07) is 3.70. The molecule has 2 aromatic rings. The molecule has 0 aliphatic heterocycles. The van der Waals surface area contributed by atoms with Crippen LogP contribution >= 0.6 is 23.1 Å². The van der Waals surface area contributed by atoms with Crippen molar-refractivity contribution in [3.63, 3.8) is 0 Å². The molecule has 0 saturated carbocycles. The Morgan fingerprint density at radius 3 is 2.92 bits per heavy atom. The highest BCUT2D eigenvalue weighted by atomic mass is 32.2. The highest BCUT2D eigenvalue weighted by Crippen LogP contribution is 2.25. The predicted octanol–water partition coefficient (Wildman–Crippen LogP) is 3.05. The summed E-state index contributed by atoms with van der Waals surface area (Å²) in [5.41, 5.74) is -0.137. The van der Waals surface area contributed by atoms with Crippen molar-refractivity contribution in [3.05, 3.63) is 34.0 Å². The molecule has 6 nitrogen and oxygen atoms in total. The molecule has 130 valence electrons. The predicted molar refractivity (Wildman–Crippen MR) is 102 cm³/mol. The Hall–Kier alpha value is -2.24. The molecule has 1 unspecified atom stereocenters. The largest absolute Gasteiger partial charge is 0.308 e. The number of allylic oxidation sites excluding steroid dienone is 1. The van der Waals surface area contributed by atoms with E-state index in [1.165, 1.54) is 22.8 Å². The van der Waals surface area contributed by atoms with Crippen LogP contribution < -0.4 is 5.56 Å². The van der Waals surface area contributed by atoms with Gasteiger partial charge in [-0.2, -0.15) is 5.26 Å². The van der Waals surface area contributed by atoms with Crippen LogP contribution in [0.2, 0.25) is 0 Å². The minimum atomic E-state index is -1.05. The van der Waals surface area contributed by atoms with E-state index in [0.29, 0.717) is 21.9 Å². The van der Waals surface area contributed by atoms with E-state index in [2.05, 4.69) is 11.6 Å². The number of ketones is 1. The summed E-state index contributed by atoms with van der Waals surface area (Å²) < 4.78 is 1.48. The summed E-state index contributed by atoms with van der Waals surface area (Å²) in [5, 5.41) is 17.5. The number of aromatic nitrogens is 2. The fourth-order valence-electron chi connectivity index (χ4n) is 2.25. The number of aryl methyl sites for hydroxylation is 1. The standard InChI is InChI=1S/C17H18N4O2S2/c1-4-6-21-16(23)12-7-11(5-2)25-15(12)20-17(21)24-9-14(22)13(8-18)10(3)19/h4,7,13,19H,1,5-6,9H2,2-3H3. The van der Waals surface area contributed by atoms with Gasteiger partial charge in [-0.15, -0.1) is 17.9 Å². The van der Waals surface area contributed by atoms with Crippen molar-refractivity contribution < 1.29 is 4.79 Å². The maximum atomic E-state index is 12.7. The molecular weight excluding hydrogens is 356 g/mol. The molecule has 0 amide bonds. The number of nitrogens with one attached hydrogen (secondary N) is 1. The number of Topliss-reactive ketones (excluding diaryl/α,β-unsaturated/α-hetero) is 1. The highest BCUT2D eigenvalue weighted by Gasteiger charge is 2.21. The molecule has 8 heteroatoms. The third-order valence-electron chi connectivity index (χ3n) is 3.55. The Morgan fingerprint density at radius 1 is 1.64 bits per heavy atom. The van der Waals surface area contributed by atoms with Crippen LogP contribution in [0, 0.1) is 22.7 Å². The van der Waals surface area contributed by atoms with E-state index in [9.17, 15) is 9.59 Å². The number of carbonyl (C=O) groups excluding carboxylic acids is 1. The first kappa shape index (κ1) is 19.1. The number of nitrogens with zero attached hydrogens (tertiary/aromatic N) is 3. The molecular formula is C17H18N4O2S2. The quantitative estimate of drug-likeness (QED) is 0.331. The number of hydrogen-bond acceptors (Lipinski definition) is 7. The van der Waals surface area contributed by atoms with Crippen molar-refractivity contribution in [3.8, 4) is 6.07 Å². The van der Waals surface area contributed by atoms with Crippen molar-refractivity contribution in [1.82, 2.24) is 9.55 Å². The van der Waals surface area contributed by atoms with E-state index in [4.69, 9.17) is 10.7 Å². The zero-order chi connectivity index (χ0) is 18.6. The smallest absolute Gasteiger partial charge is 0.263 e. The van der Waals surface area contributed by atoms with E-state index >= 15 is 0 Å². The molecule has 2 rings (SSSR count). The minimum Gasteiger partial charge on any atom is -0.308 e. The van der Waals surface area contributed by atoms with Crippen molar-refractivity contribution in [1.29, 1.82) is 10.7 Å². The molecule has 0 radical (unpaired) electrons. The van der Waals surface area contributed by atoms with E-state index in [-0.39, 0.29) is 22.8 Å². The second-order valence-electron chi connectivity index (χ2n) is 5.38.